The van der Waals surface area contributed by atoms with Gasteiger partial charge in [-0.05, 0) is 103 Å². The van der Waals surface area contributed by atoms with Gasteiger partial charge in [0.25, 0.3) is 0 Å². The Kier molecular flexibility index (Phi) is 25.7. The fourth-order valence-corrected chi connectivity index (χ4v) is 13.4. The summed E-state index contributed by atoms with van der Waals surface area (Å²) < 4.78 is 23.6. The highest BCUT2D eigenvalue weighted by molar-refractivity contribution is 8.76. The van der Waals surface area contributed by atoms with E-state index in [2.05, 4.69) is 20.9 Å². The fraction of sp³-hybridized carbons (Fsp3) is 0.610. The minimum Gasteiger partial charge on any atom is -0.445 e. The van der Waals surface area contributed by atoms with Gasteiger partial charge >= 0.3 is 12.2 Å². The van der Waals surface area contributed by atoms with E-state index >= 15 is 0 Å². The average Bonchev–Trinajstić information content (AvgIpc) is 3.93. The van der Waals surface area contributed by atoms with Gasteiger partial charge < -0.3 is 44.5 Å². The van der Waals surface area contributed by atoms with Crippen LogP contribution in [-0.2, 0) is 44.7 Å². The molecule has 0 unspecified atom stereocenters. The maximum Gasteiger partial charge on any atom is 0.411 e. The number of likely N-dealkylation sites (tertiary alicyclic amines) is 1. The number of nitrogens with one attached hydrogen (secondary N) is 3. The van der Waals surface area contributed by atoms with E-state index in [1.54, 1.807) is 94.9 Å². The predicted molar refractivity (Wildman–Crippen MR) is 309 cm³/mol. The second kappa shape index (κ2) is 31.6. The van der Waals surface area contributed by atoms with Crippen LogP contribution in [0.5, 0.6) is 0 Å². The van der Waals surface area contributed by atoms with Crippen LogP contribution in [0.15, 0.2) is 84.0 Å². The molecule has 0 radical (unpaired) electrons. The number of likely N-dealkylation sites (N-methyl/N-ethyl adjacent to an activating group) is 2. The Morgan fingerprint density at radius 2 is 1.48 bits per heavy atom. The summed E-state index contributed by atoms with van der Waals surface area (Å²) in [4.78, 5) is 92.7. The van der Waals surface area contributed by atoms with Crippen LogP contribution in [0, 0.1) is 23.7 Å². The Morgan fingerprint density at radius 1 is 0.797 bits per heavy atom. The largest absolute Gasteiger partial charge is 0.445 e. The van der Waals surface area contributed by atoms with Crippen LogP contribution in [0.25, 0.3) is 0 Å². The van der Waals surface area contributed by atoms with E-state index < -0.39 is 72.5 Å². The number of ether oxygens (including phenoxy) is 4. The average molecular weight is 1130 g/mol. The van der Waals surface area contributed by atoms with Crippen molar-refractivity contribution in [1.29, 1.82) is 0 Å². The maximum absolute atomic E-state index is 14.7. The first-order valence-corrected chi connectivity index (χ1v) is 30.1. The lowest BCUT2D eigenvalue weighted by atomic mass is 9.89. The quantitative estimate of drug-likeness (QED) is 0.0523. The van der Waals surface area contributed by atoms with Gasteiger partial charge in [0.2, 0.25) is 23.6 Å². The highest BCUT2D eigenvalue weighted by Gasteiger charge is 2.44. The third kappa shape index (κ3) is 18.0. The van der Waals surface area contributed by atoms with E-state index in [1.165, 1.54) is 26.2 Å². The molecule has 1 saturated heterocycles. The van der Waals surface area contributed by atoms with Crippen LogP contribution in [0.2, 0.25) is 0 Å². The van der Waals surface area contributed by atoms with Gasteiger partial charge in [0.05, 0.1) is 54.0 Å². The molecular weight excluding hydrogens is 1050 g/mol. The van der Waals surface area contributed by atoms with Gasteiger partial charge in [-0.15, -0.1) is 0 Å². The fourth-order valence-electron chi connectivity index (χ4n) is 10.7. The molecule has 3 aromatic rings. The number of amides is 6. The number of nitrogens with zero attached hydrogens (tertiary/aromatic N) is 4. The number of hydrogen-bond acceptors (Lipinski definition) is 14. The van der Waals surface area contributed by atoms with Gasteiger partial charge in [0.15, 0.2) is 0 Å². The lowest BCUT2D eigenvalue weighted by molar-refractivity contribution is -0.148. The normalized spacial score (nSPS) is 19.9. The molecule has 0 bridgehead atoms. The summed E-state index contributed by atoms with van der Waals surface area (Å²) in [5.74, 6) is -2.93. The predicted octanol–water partition coefficient (Wildman–Crippen LogP) is 9.27. The van der Waals surface area contributed by atoms with Gasteiger partial charge in [0.1, 0.15) is 29.8 Å². The zero-order chi connectivity index (χ0) is 57.9. The summed E-state index contributed by atoms with van der Waals surface area (Å²) in [6, 6.07) is 18.2. The Labute approximate surface area is 476 Å². The summed E-state index contributed by atoms with van der Waals surface area (Å²) in [7, 11) is 9.48. The van der Waals surface area contributed by atoms with Gasteiger partial charge in [-0.3, -0.25) is 29.4 Å². The smallest absolute Gasteiger partial charge is 0.411 e. The number of aliphatic hydroxyl groups excluding tert-OH is 1. The maximum atomic E-state index is 14.7. The first-order chi connectivity index (χ1) is 37.7. The number of hydrogen-bond donors (Lipinski definition) is 4. The molecule has 4 N–H and O–H groups in total. The van der Waals surface area contributed by atoms with Crippen molar-refractivity contribution in [2.45, 2.75) is 178 Å². The molecule has 18 nitrogen and oxygen atoms in total. The number of carbonyl (C=O) groups excluding carboxylic acids is 6. The Morgan fingerprint density at radius 3 is 2.10 bits per heavy atom. The lowest BCUT2D eigenvalue weighted by Gasteiger charge is -2.41. The molecule has 2 aromatic carbocycles. The zero-order valence-corrected chi connectivity index (χ0v) is 49.9. The number of carbonyl (C=O) groups is 6. The van der Waals surface area contributed by atoms with Crippen LogP contribution in [0.4, 0.5) is 15.3 Å². The molecule has 2 fully saturated rings. The standard InChI is InChI=1S/C59H87N7O11S2/c1-13-38(6)52(46(74-11)34-49(67)66-33-21-24-44(66)54(75-12)39(7)55(69)61-40(8)53(68)42-22-15-14-16-23-42)64(9)57(71)50(36(2)3)63-56(70)51(37(4)5)65(10)59(73)76-35-41-28-30-43(31-29-41)62-58(72)77-45-25-17-18-26-47(45)78-79-48-27-19-20-32-60-48/h14-16,19-20,22-23,27-32,36-40,44-47,50-54,68H,13,17-18,21,24-26,33-35H2,1-12H3,(H,61,69)(H,62,72)(H,63,70)/t38-,39+,40+,44-,45-,46+,47-,50-,51-,52-,53+,54+/m0/s1. The summed E-state index contributed by atoms with van der Waals surface area (Å²) >= 11 is 0. The molecule has 20 heteroatoms. The molecule has 1 aromatic heterocycles. The Hall–Kier alpha value is -5.41. The molecule has 1 aliphatic heterocycles. The van der Waals surface area contributed by atoms with Crippen LogP contribution in [-0.4, -0.2) is 149 Å². The number of rotatable bonds is 27. The van der Waals surface area contributed by atoms with Crippen molar-refractivity contribution in [2.24, 2.45) is 23.7 Å². The molecule has 2 heterocycles. The van der Waals surface area contributed by atoms with E-state index in [-0.39, 0.29) is 59.9 Å². The summed E-state index contributed by atoms with van der Waals surface area (Å²) in [5.41, 5.74) is 1.86. The molecule has 436 valence electrons. The molecule has 2 aliphatic rings. The number of aliphatic hydroxyl groups is 1. The summed E-state index contributed by atoms with van der Waals surface area (Å²) in [5, 5.41) is 20.7. The minimum absolute atomic E-state index is 0.0537. The first kappa shape index (κ1) is 64.4. The number of aromatic nitrogens is 1. The monoisotopic (exact) mass is 1130 g/mol. The van der Waals surface area contributed by atoms with E-state index in [0.29, 0.717) is 42.6 Å². The van der Waals surface area contributed by atoms with Gasteiger partial charge in [-0.1, -0.05) is 121 Å². The third-order valence-electron chi connectivity index (χ3n) is 15.4. The third-order valence-corrected chi connectivity index (χ3v) is 18.3. The van der Waals surface area contributed by atoms with Crippen molar-refractivity contribution in [3.8, 4) is 0 Å². The number of benzene rings is 2. The Balaban J connectivity index is 1.17. The van der Waals surface area contributed by atoms with E-state index in [1.807, 2.05) is 77.9 Å². The second-order valence-electron chi connectivity index (χ2n) is 21.8. The molecular formula is C59H87N7O11S2. The molecule has 1 saturated carbocycles. The van der Waals surface area contributed by atoms with E-state index in [9.17, 15) is 33.9 Å². The van der Waals surface area contributed by atoms with Gasteiger partial charge in [-0.25, -0.2) is 14.6 Å². The zero-order valence-electron chi connectivity index (χ0n) is 48.3. The lowest BCUT2D eigenvalue weighted by Crippen LogP contribution is -2.60. The van der Waals surface area contributed by atoms with Crippen molar-refractivity contribution < 1.29 is 52.8 Å². The van der Waals surface area contributed by atoms with Crippen molar-refractivity contribution in [3.63, 3.8) is 0 Å². The molecule has 1 aliphatic carbocycles. The molecule has 6 amide bonds. The molecule has 0 spiro atoms. The van der Waals surface area contributed by atoms with Crippen molar-refractivity contribution in [2.75, 3.05) is 40.2 Å². The Bertz CT molecular complexity index is 2410. The minimum atomic E-state index is -1.00. The van der Waals surface area contributed by atoms with E-state index in [0.717, 1.165) is 30.7 Å². The van der Waals surface area contributed by atoms with Crippen LogP contribution >= 0.6 is 21.6 Å². The molecule has 79 heavy (non-hydrogen) atoms. The topological polar surface area (TPSA) is 218 Å². The van der Waals surface area contributed by atoms with Crippen LogP contribution in [0.1, 0.15) is 124 Å². The van der Waals surface area contributed by atoms with Gasteiger partial charge in [-0.2, -0.15) is 0 Å². The molecule has 12 atom stereocenters. The van der Waals surface area contributed by atoms with Crippen molar-refractivity contribution in [1.82, 2.24) is 30.3 Å². The summed E-state index contributed by atoms with van der Waals surface area (Å²) in [6.45, 7) is 15.2. The van der Waals surface area contributed by atoms with Gasteiger partial charge in [0, 0.05) is 46.7 Å². The van der Waals surface area contributed by atoms with E-state index in [4.69, 9.17) is 18.9 Å². The second-order valence-corrected chi connectivity index (χ2v) is 24.2. The highest BCUT2D eigenvalue weighted by atomic mass is 33.1. The highest BCUT2D eigenvalue weighted by Crippen LogP contribution is 2.41. The number of anilines is 1. The molecule has 5 rings (SSSR count). The van der Waals surface area contributed by atoms with Crippen molar-refractivity contribution >= 4 is 63.1 Å². The SMILES string of the molecule is CC[C@H](C)[C@@H]([C@@H](CC(=O)N1CCC[C@H]1[C@H](OC)[C@@H](C)C(=O)N[C@H](C)[C@@H](O)c1ccccc1)OC)N(C)C(=O)[C@@H](NC(=O)[C@H](C(C)C)N(C)C(=O)OCc1ccc(NC(=O)O[C@H]2CCCC[C@@H]2SSc2ccccn2)cc1)C(C)C. The summed E-state index contributed by atoms with van der Waals surface area (Å²) in [6.07, 6.45) is 3.68. The van der Waals surface area contributed by atoms with Crippen LogP contribution in [0.3, 0.4) is 0 Å². The first-order valence-electron chi connectivity index (χ1n) is 27.9. The number of pyridine rings is 1. The van der Waals surface area contributed by atoms with Crippen molar-refractivity contribution in [3.05, 3.63) is 90.1 Å². The number of methoxy groups -OCH3 is 2. The van der Waals surface area contributed by atoms with Crippen LogP contribution < -0.4 is 16.0 Å².